The minimum Gasteiger partial charge on any atom is -0.463 e. The number of H-pyrrole nitrogens is 1. The normalized spacial score (nSPS) is 11.0. The van der Waals surface area contributed by atoms with Gasteiger partial charge in [-0.2, -0.15) is 0 Å². The highest BCUT2D eigenvalue weighted by Gasteiger charge is 2.16. The Kier molecular flexibility index (Phi) is 4.53. The Labute approximate surface area is 176 Å². The van der Waals surface area contributed by atoms with E-state index in [1.54, 1.807) is 30.7 Å². The fraction of sp³-hybridized carbons (Fsp3) is 0. The number of amides is 1. The smallest absolute Gasteiger partial charge is 0.258 e. The number of hydrogen-bond donors (Lipinski definition) is 2. The topological polar surface area (TPSA) is 83.8 Å². The van der Waals surface area contributed by atoms with Crippen LogP contribution < -0.4 is 5.32 Å². The Bertz CT molecular complexity index is 1360. The third-order valence-corrected chi connectivity index (χ3v) is 5.03. The number of imidazole rings is 1. The van der Waals surface area contributed by atoms with Gasteiger partial charge in [-0.1, -0.05) is 48.0 Å². The monoisotopic (exact) mass is 414 g/mol. The Morgan fingerprint density at radius 1 is 1.03 bits per heavy atom. The summed E-state index contributed by atoms with van der Waals surface area (Å²) in [5.41, 5.74) is 3.24. The molecule has 3 heterocycles. The largest absolute Gasteiger partial charge is 0.463 e. The standard InChI is InChI=1S/C23H15ClN4O2/c24-17-8-3-1-7-15(17)19-12-16(14-6-2-4-9-18(14)26-19)22(29)28-23-25-13-20(27-23)21-10-5-11-30-21/h1-13H,(H2,25,27,28,29). The van der Waals surface area contributed by atoms with E-state index in [2.05, 4.69) is 15.3 Å². The van der Waals surface area contributed by atoms with Crippen LogP contribution in [-0.4, -0.2) is 20.9 Å². The molecule has 2 N–H and O–H groups in total. The lowest BCUT2D eigenvalue weighted by Crippen LogP contribution is -2.14. The summed E-state index contributed by atoms with van der Waals surface area (Å²) in [6.07, 6.45) is 3.18. The van der Waals surface area contributed by atoms with E-state index < -0.39 is 0 Å². The number of carbonyl (C=O) groups excluding carboxylic acids is 1. The SMILES string of the molecule is O=C(Nc1ncc(-c2ccco2)[nH]1)c1cc(-c2ccccc2Cl)nc2ccccc12. The molecular formula is C23H15ClN4O2. The van der Waals surface area contributed by atoms with E-state index in [1.165, 1.54) is 0 Å². The second-order valence-electron chi connectivity index (χ2n) is 6.63. The average Bonchev–Trinajstić information content (AvgIpc) is 3.45. The second kappa shape index (κ2) is 7.50. The summed E-state index contributed by atoms with van der Waals surface area (Å²) < 4.78 is 5.35. The van der Waals surface area contributed by atoms with Crippen LogP contribution in [0.2, 0.25) is 5.02 Å². The molecule has 2 aromatic carbocycles. The van der Waals surface area contributed by atoms with Crippen molar-refractivity contribution in [2.24, 2.45) is 0 Å². The zero-order chi connectivity index (χ0) is 20.5. The molecule has 146 valence electrons. The van der Waals surface area contributed by atoms with Crippen LogP contribution in [0, 0.1) is 0 Å². The molecule has 0 atom stereocenters. The van der Waals surface area contributed by atoms with Gasteiger partial charge in [0.05, 0.1) is 29.2 Å². The third-order valence-electron chi connectivity index (χ3n) is 4.71. The Balaban J connectivity index is 1.54. The van der Waals surface area contributed by atoms with E-state index in [-0.39, 0.29) is 5.91 Å². The van der Waals surface area contributed by atoms with E-state index in [4.69, 9.17) is 21.0 Å². The predicted octanol–water partition coefficient (Wildman–Crippen LogP) is 5.79. The third kappa shape index (κ3) is 3.33. The first-order chi connectivity index (χ1) is 14.7. The van der Waals surface area contributed by atoms with Crippen LogP contribution >= 0.6 is 11.6 Å². The Morgan fingerprint density at radius 2 is 1.87 bits per heavy atom. The van der Waals surface area contributed by atoms with E-state index >= 15 is 0 Å². The van der Waals surface area contributed by atoms with Gasteiger partial charge < -0.3 is 9.40 Å². The summed E-state index contributed by atoms with van der Waals surface area (Å²) in [4.78, 5) is 25.1. The first-order valence-electron chi connectivity index (χ1n) is 9.24. The molecule has 30 heavy (non-hydrogen) atoms. The van der Waals surface area contributed by atoms with Crippen LogP contribution in [0.4, 0.5) is 5.95 Å². The number of pyridine rings is 1. The first-order valence-corrected chi connectivity index (χ1v) is 9.62. The van der Waals surface area contributed by atoms with E-state index in [9.17, 15) is 4.79 Å². The van der Waals surface area contributed by atoms with Gasteiger partial charge in [-0.05, 0) is 30.3 Å². The molecule has 1 amide bonds. The van der Waals surface area contributed by atoms with Gasteiger partial charge in [0.15, 0.2) is 5.76 Å². The Hall–Kier alpha value is -3.90. The van der Waals surface area contributed by atoms with Crippen LogP contribution in [-0.2, 0) is 0 Å². The van der Waals surface area contributed by atoms with Crippen LogP contribution in [0.15, 0.2) is 83.6 Å². The highest BCUT2D eigenvalue weighted by atomic mass is 35.5. The summed E-state index contributed by atoms with van der Waals surface area (Å²) in [6.45, 7) is 0. The number of furan rings is 1. The summed E-state index contributed by atoms with van der Waals surface area (Å²) in [5.74, 6) is 0.659. The molecule has 0 saturated carbocycles. The van der Waals surface area contributed by atoms with Crippen molar-refractivity contribution in [3.05, 3.63) is 89.8 Å². The van der Waals surface area contributed by atoms with Crippen molar-refractivity contribution < 1.29 is 9.21 Å². The summed E-state index contributed by atoms with van der Waals surface area (Å²) in [7, 11) is 0. The fourth-order valence-electron chi connectivity index (χ4n) is 3.29. The number of aromatic amines is 1. The molecule has 0 aliphatic rings. The lowest BCUT2D eigenvalue weighted by atomic mass is 10.0. The number of fused-ring (bicyclic) bond motifs is 1. The van der Waals surface area contributed by atoms with Crippen molar-refractivity contribution in [2.45, 2.75) is 0 Å². The van der Waals surface area contributed by atoms with Crippen molar-refractivity contribution >= 4 is 34.4 Å². The number of rotatable bonds is 4. The van der Waals surface area contributed by atoms with Crippen LogP contribution in [0.25, 0.3) is 33.6 Å². The highest BCUT2D eigenvalue weighted by molar-refractivity contribution is 6.33. The first kappa shape index (κ1) is 18.1. The molecule has 3 aromatic heterocycles. The molecule has 7 heteroatoms. The van der Waals surface area contributed by atoms with Crippen molar-refractivity contribution in [3.63, 3.8) is 0 Å². The van der Waals surface area contributed by atoms with Gasteiger partial charge in [-0.25, -0.2) is 9.97 Å². The maximum absolute atomic E-state index is 13.1. The second-order valence-corrected chi connectivity index (χ2v) is 7.04. The Morgan fingerprint density at radius 3 is 2.70 bits per heavy atom. The molecule has 0 bridgehead atoms. The predicted molar refractivity (Wildman–Crippen MR) is 116 cm³/mol. The summed E-state index contributed by atoms with van der Waals surface area (Å²) in [6, 6.07) is 20.3. The molecule has 0 saturated heterocycles. The van der Waals surface area contributed by atoms with Crippen LogP contribution in [0.1, 0.15) is 10.4 Å². The van der Waals surface area contributed by atoms with Crippen molar-refractivity contribution in [3.8, 4) is 22.7 Å². The minimum absolute atomic E-state index is 0.303. The van der Waals surface area contributed by atoms with Crippen molar-refractivity contribution in [2.75, 3.05) is 5.32 Å². The average molecular weight is 415 g/mol. The van der Waals surface area contributed by atoms with Gasteiger partial charge in [-0.3, -0.25) is 10.1 Å². The van der Waals surface area contributed by atoms with Crippen LogP contribution in [0.5, 0.6) is 0 Å². The van der Waals surface area contributed by atoms with Gasteiger partial charge >= 0.3 is 0 Å². The lowest BCUT2D eigenvalue weighted by Gasteiger charge is -2.10. The van der Waals surface area contributed by atoms with Crippen LogP contribution in [0.3, 0.4) is 0 Å². The minimum atomic E-state index is -0.303. The number of para-hydroxylation sites is 1. The van der Waals surface area contributed by atoms with E-state index in [0.717, 1.165) is 10.9 Å². The quantitative estimate of drug-likeness (QED) is 0.389. The molecule has 5 rings (SSSR count). The highest BCUT2D eigenvalue weighted by Crippen LogP contribution is 2.30. The van der Waals surface area contributed by atoms with Crippen molar-refractivity contribution in [1.82, 2.24) is 15.0 Å². The molecule has 0 aliphatic heterocycles. The maximum Gasteiger partial charge on any atom is 0.258 e. The van der Waals surface area contributed by atoms with Gasteiger partial charge in [0.25, 0.3) is 5.91 Å². The zero-order valence-electron chi connectivity index (χ0n) is 15.6. The molecular weight excluding hydrogens is 400 g/mol. The number of nitrogens with one attached hydrogen (secondary N) is 2. The van der Waals surface area contributed by atoms with Crippen molar-refractivity contribution in [1.29, 1.82) is 0 Å². The number of nitrogens with zero attached hydrogens (tertiary/aromatic N) is 2. The van der Waals surface area contributed by atoms with Gasteiger partial charge in [0.2, 0.25) is 5.95 Å². The van der Waals surface area contributed by atoms with Gasteiger partial charge in [-0.15, -0.1) is 0 Å². The molecule has 0 fully saturated rings. The number of hydrogen-bond acceptors (Lipinski definition) is 4. The zero-order valence-corrected chi connectivity index (χ0v) is 16.4. The molecule has 0 unspecified atom stereocenters. The molecule has 0 aliphatic carbocycles. The fourth-order valence-corrected chi connectivity index (χ4v) is 3.52. The van der Waals surface area contributed by atoms with Gasteiger partial charge in [0.1, 0.15) is 5.69 Å². The van der Waals surface area contributed by atoms with Gasteiger partial charge in [0, 0.05) is 16.0 Å². The number of aromatic nitrogens is 3. The summed E-state index contributed by atoms with van der Waals surface area (Å²) >= 11 is 6.36. The summed E-state index contributed by atoms with van der Waals surface area (Å²) in [5, 5.41) is 4.13. The number of halogens is 1. The number of anilines is 1. The molecule has 0 radical (unpaired) electrons. The molecule has 6 nitrogen and oxygen atoms in total. The number of benzene rings is 2. The lowest BCUT2D eigenvalue weighted by molar-refractivity contribution is 0.102. The molecule has 0 spiro atoms. The van der Waals surface area contributed by atoms with E-state index in [1.807, 2.05) is 48.5 Å². The maximum atomic E-state index is 13.1. The number of carbonyl (C=O) groups is 1. The molecule has 5 aromatic rings. The van der Waals surface area contributed by atoms with E-state index in [0.29, 0.717) is 39.2 Å².